The van der Waals surface area contributed by atoms with Gasteiger partial charge in [0.2, 0.25) is 11.8 Å². The summed E-state index contributed by atoms with van der Waals surface area (Å²) < 4.78 is 0. The van der Waals surface area contributed by atoms with E-state index in [4.69, 9.17) is 0 Å². The Hall–Kier alpha value is -1.79. The lowest BCUT2D eigenvalue weighted by atomic mass is 9.91. The maximum Gasteiger partial charge on any atom is 0.243 e. The summed E-state index contributed by atoms with van der Waals surface area (Å²) in [5.74, 6) is 0.0225. The molecule has 1 saturated heterocycles. The Labute approximate surface area is 187 Å². The zero-order valence-electron chi connectivity index (χ0n) is 19.4. The molecule has 1 aromatic rings. The number of nitrogens with one attached hydrogen (secondary N) is 1. The Morgan fingerprint density at radius 3 is 2.33 bits per heavy atom. The van der Waals surface area contributed by atoms with Gasteiger partial charge in [-0.15, -0.1) is 12.6 Å². The van der Waals surface area contributed by atoms with Crippen LogP contribution in [-0.4, -0.2) is 36.3 Å². The van der Waals surface area contributed by atoms with Crippen molar-refractivity contribution in [2.45, 2.75) is 72.9 Å². The molecule has 0 spiro atoms. The number of carbonyl (C=O) groups excluding carboxylic acids is 2. The van der Waals surface area contributed by atoms with Crippen molar-refractivity contribution in [3.05, 3.63) is 41.0 Å². The Morgan fingerprint density at radius 1 is 1.20 bits per heavy atom. The number of hydrogen-bond acceptors (Lipinski definition) is 4. The minimum atomic E-state index is -0.340. The SMILES string of the molecule is CC/C(C)=C(\S)c1ccc(CNC(=O)C2CCCN2C(=O)CC(C)(C)C)cc1.CN. The van der Waals surface area contributed by atoms with Crippen LogP contribution in [0, 0.1) is 5.41 Å². The molecule has 0 bridgehead atoms. The van der Waals surface area contributed by atoms with Crippen LogP contribution in [0.4, 0.5) is 0 Å². The third kappa shape index (κ3) is 7.80. The van der Waals surface area contributed by atoms with Crippen LogP contribution in [-0.2, 0) is 16.1 Å². The monoisotopic (exact) mass is 433 g/mol. The lowest BCUT2D eigenvalue weighted by Gasteiger charge is -2.27. The molecule has 1 aliphatic rings. The van der Waals surface area contributed by atoms with Gasteiger partial charge in [0.1, 0.15) is 6.04 Å². The number of nitrogens with two attached hydrogens (primary N) is 1. The number of likely N-dealkylation sites (tertiary alicyclic amines) is 1. The van der Waals surface area contributed by atoms with Gasteiger partial charge in [-0.1, -0.05) is 57.5 Å². The first kappa shape index (κ1) is 26.2. The zero-order chi connectivity index (χ0) is 22.9. The number of hydrogen-bond donors (Lipinski definition) is 3. The Bertz CT molecular complexity index is 736. The van der Waals surface area contributed by atoms with Crippen molar-refractivity contribution in [2.24, 2.45) is 11.1 Å². The highest BCUT2D eigenvalue weighted by molar-refractivity contribution is 7.90. The predicted octanol–water partition coefficient (Wildman–Crippen LogP) is 4.38. The topological polar surface area (TPSA) is 75.4 Å². The summed E-state index contributed by atoms with van der Waals surface area (Å²) >= 11 is 4.60. The first-order valence-corrected chi connectivity index (χ1v) is 11.2. The second-order valence-corrected chi connectivity index (χ2v) is 9.33. The van der Waals surface area contributed by atoms with E-state index in [-0.39, 0.29) is 23.3 Å². The molecule has 30 heavy (non-hydrogen) atoms. The van der Waals surface area contributed by atoms with Gasteiger partial charge < -0.3 is 16.0 Å². The fourth-order valence-corrected chi connectivity index (χ4v) is 3.70. The van der Waals surface area contributed by atoms with Gasteiger partial charge in [0.15, 0.2) is 0 Å². The molecule has 6 heteroatoms. The van der Waals surface area contributed by atoms with Crippen molar-refractivity contribution < 1.29 is 9.59 Å². The summed E-state index contributed by atoms with van der Waals surface area (Å²) in [4.78, 5) is 28.0. The van der Waals surface area contributed by atoms with Crippen molar-refractivity contribution in [3.63, 3.8) is 0 Å². The van der Waals surface area contributed by atoms with Crippen molar-refractivity contribution >= 4 is 29.3 Å². The van der Waals surface area contributed by atoms with Crippen LogP contribution >= 0.6 is 12.6 Å². The molecule has 168 valence electrons. The molecular formula is C24H39N3O2S. The molecule has 2 rings (SSSR count). The zero-order valence-corrected chi connectivity index (χ0v) is 20.3. The minimum Gasteiger partial charge on any atom is -0.350 e. The first-order chi connectivity index (χ1) is 14.1. The molecule has 3 N–H and O–H groups in total. The molecule has 0 radical (unpaired) electrons. The Balaban J connectivity index is 0.00000218. The van der Waals surface area contributed by atoms with Crippen LogP contribution in [0.25, 0.3) is 4.91 Å². The Morgan fingerprint density at radius 2 is 1.80 bits per heavy atom. The molecule has 1 unspecified atom stereocenters. The lowest BCUT2D eigenvalue weighted by molar-refractivity contribution is -0.139. The maximum absolute atomic E-state index is 12.7. The first-order valence-electron chi connectivity index (χ1n) is 10.8. The van der Waals surface area contributed by atoms with Crippen LogP contribution in [0.2, 0.25) is 0 Å². The van der Waals surface area contributed by atoms with Crippen molar-refractivity contribution in [1.82, 2.24) is 10.2 Å². The second-order valence-electron chi connectivity index (χ2n) is 8.88. The van der Waals surface area contributed by atoms with E-state index in [2.05, 4.69) is 37.5 Å². The number of thiol groups is 1. The van der Waals surface area contributed by atoms with E-state index in [1.165, 1.54) is 12.6 Å². The van der Waals surface area contributed by atoms with Gasteiger partial charge >= 0.3 is 0 Å². The summed E-state index contributed by atoms with van der Waals surface area (Å²) in [7, 11) is 1.50. The largest absolute Gasteiger partial charge is 0.350 e. The standard InChI is InChI=1S/C23H34N2O2S.CH5N/c1-6-16(2)21(28)18-11-9-17(10-12-18)15-24-22(27)19-8-7-13-25(19)20(26)14-23(3,4)5;1-2/h9-12,19,28H,6-8,13-15H2,1-5H3,(H,24,27);2H2,1H3/b21-16-;. The second kappa shape index (κ2) is 12.2. The fraction of sp³-hybridized carbons (Fsp3) is 0.583. The quantitative estimate of drug-likeness (QED) is 0.583. The van der Waals surface area contributed by atoms with E-state index < -0.39 is 0 Å². The van der Waals surface area contributed by atoms with Crippen LogP contribution in [0.1, 0.15) is 71.4 Å². The number of rotatable bonds is 6. The third-order valence-electron chi connectivity index (χ3n) is 5.19. The van der Waals surface area contributed by atoms with Gasteiger partial charge in [-0.25, -0.2) is 0 Å². The highest BCUT2D eigenvalue weighted by Gasteiger charge is 2.35. The number of amides is 2. The lowest BCUT2D eigenvalue weighted by Crippen LogP contribution is -2.46. The van der Waals surface area contributed by atoms with Crippen LogP contribution in [0.3, 0.4) is 0 Å². The summed E-state index contributed by atoms with van der Waals surface area (Å²) in [6.07, 6.45) is 3.07. The van der Waals surface area contributed by atoms with Crippen molar-refractivity contribution in [3.8, 4) is 0 Å². The average molecular weight is 434 g/mol. The average Bonchev–Trinajstić information content (AvgIpc) is 3.22. The van der Waals surface area contributed by atoms with E-state index in [0.717, 1.165) is 35.3 Å². The smallest absolute Gasteiger partial charge is 0.243 e. The molecule has 0 saturated carbocycles. The van der Waals surface area contributed by atoms with Gasteiger partial charge in [0.05, 0.1) is 0 Å². The van der Waals surface area contributed by atoms with Gasteiger partial charge in [-0.05, 0) is 49.8 Å². The molecule has 0 aliphatic carbocycles. The highest BCUT2D eigenvalue weighted by Crippen LogP contribution is 2.26. The number of benzene rings is 1. The normalized spacial score (nSPS) is 17.1. The van der Waals surface area contributed by atoms with E-state index in [9.17, 15) is 9.59 Å². The molecule has 0 aromatic heterocycles. The van der Waals surface area contributed by atoms with Crippen LogP contribution < -0.4 is 11.1 Å². The summed E-state index contributed by atoms with van der Waals surface area (Å²) in [6.45, 7) is 11.5. The van der Waals surface area contributed by atoms with Gasteiger partial charge in [0, 0.05) is 24.4 Å². The molecular weight excluding hydrogens is 394 g/mol. The van der Waals surface area contributed by atoms with Crippen molar-refractivity contribution in [2.75, 3.05) is 13.6 Å². The summed E-state index contributed by atoms with van der Waals surface area (Å²) in [5, 5.41) is 3.01. The number of allylic oxidation sites excluding steroid dienone is 1. The number of carbonyl (C=O) groups is 2. The molecule has 1 aromatic carbocycles. The van der Waals surface area contributed by atoms with E-state index in [0.29, 0.717) is 19.5 Å². The van der Waals surface area contributed by atoms with E-state index in [1.807, 2.05) is 45.0 Å². The minimum absolute atomic E-state index is 0.0551. The molecule has 1 fully saturated rings. The fourth-order valence-electron chi connectivity index (χ4n) is 3.39. The molecule has 1 aliphatic heterocycles. The molecule has 1 atom stereocenters. The summed E-state index contributed by atoms with van der Waals surface area (Å²) in [6, 6.07) is 7.78. The van der Waals surface area contributed by atoms with Crippen LogP contribution in [0.5, 0.6) is 0 Å². The van der Waals surface area contributed by atoms with Crippen molar-refractivity contribution in [1.29, 1.82) is 0 Å². The summed E-state index contributed by atoms with van der Waals surface area (Å²) in [5.41, 5.74) is 7.81. The highest BCUT2D eigenvalue weighted by atomic mass is 32.1. The van der Waals surface area contributed by atoms with Gasteiger partial charge in [-0.2, -0.15) is 0 Å². The Kier molecular flexibility index (Phi) is 10.6. The van der Waals surface area contributed by atoms with Crippen LogP contribution in [0.15, 0.2) is 29.8 Å². The van der Waals surface area contributed by atoms with E-state index in [1.54, 1.807) is 4.90 Å². The molecule has 2 amide bonds. The van der Waals surface area contributed by atoms with Gasteiger partial charge in [-0.3, -0.25) is 9.59 Å². The number of nitrogens with zero attached hydrogens (tertiary/aromatic N) is 1. The van der Waals surface area contributed by atoms with Gasteiger partial charge in [0.25, 0.3) is 0 Å². The third-order valence-corrected chi connectivity index (χ3v) is 5.83. The predicted molar refractivity (Wildman–Crippen MR) is 129 cm³/mol. The molecule has 5 nitrogen and oxygen atoms in total. The van der Waals surface area contributed by atoms with E-state index >= 15 is 0 Å². The molecule has 1 heterocycles. The maximum atomic E-state index is 12.7.